The lowest BCUT2D eigenvalue weighted by Gasteiger charge is -2.56. The number of hydrogen-bond donors (Lipinski definition) is 1. The first-order valence-corrected chi connectivity index (χ1v) is 14.0. The molecule has 4 bridgehead atoms. The number of hydrogen-bond acceptors (Lipinski definition) is 5. The van der Waals surface area contributed by atoms with Gasteiger partial charge in [0.1, 0.15) is 21.7 Å². The van der Waals surface area contributed by atoms with Gasteiger partial charge < -0.3 is 9.52 Å². The van der Waals surface area contributed by atoms with E-state index < -0.39 is 0 Å². The lowest BCUT2D eigenvalue weighted by Crippen LogP contribution is -2.57. The minimum absolute atomic E-state index is 0.0125. The minimum Gasteiger partial charge on any atom is -0.456 e. The van der Waals surface area contributed by atoms with Gasteiger partial charge in [-0.25, -0.2) is 4.39 Å². The van der Waals surface area contributed by atoms with E-state index in [1.54, 1.807) is 12.1 Å². The van der Waals surface area contributed by atoms with Crippen LogP contribution in [0.25, 0.3) is 17.4 Å². The molecule has 2 heterocycles. The lowest BCUT2D eigenvalue weighted by atomic mass is 9.54. The number of aliphatic hydroxyl groups excluding tert-OH is 1. The Morgan fingerprint density at radius 3 is 2.43 bits per heavy atom. The number of halogens is 1. The molecule has 0 unspecified atom stereocenters. The summed E-state index contributed by atoms with van der Waals surface area (Å²) in [6.07, 6.45) is 10.4. The molecular formula is C28H30FNO3S2. The van der Waals surface area contributed by atoms with Gasteiger partial charge in [0, 0.05) is 24.3 Å². The standard InChI is InChI=1S/C28H30FNO3S2/c29-22-6-4-18(5-7-22)23-14-19(3-1-2-8-31)24(33-23)15-25-27(32)30(28(34)35-25)26-20-10-16-9-17(12-20)13-21(26)11-16/h4-7,14-17,20-21,26,31H,1-3,8-13H2/b25-15+. The fourth-order valence-corrected chi connectivity index (χ4v) is 8.43. The molecule has 1 N–H and O–H groups in total. The smallest absolute Gasteiger partial charge is 0.266 e. The maximum absolute atomic E-state index is 13.7. The van der Waals surface area contributed by atoms with Gasteiger partial charge >= 0.3 is 0 Å². The molecule has 4 nitrogen and oxygen atoms in total. The van der Waals surface area contributed by atoms with Crippen LogP contribution in [0, 0.1) is 29.5 Å². The van der Waals surface area contributed by atoms with E-state index in [9.17, 15) is 14.3 Å². The highest BCUT2D eigenvalue weighted by Gasteiger charge is 2.53. The van der Waals surface area contributed by atoms with Crippen LogP contribution in [-0.2, 0) is 11.2 Å². The summed E-state index contributed by atoms with van der Waals surface area (Å²) in [6, 6.07) is 8.44. The van der Waals surface area contributed by atoms with Gasteiger partial charge in [0.05, 0.1) is 4.91 Å². The SMILES string of the molecule is O=C1/C(=C\c2oc(-c3ccc(F)cc3)cc2CCCCO)SC(=S)N1C1C2CC3CC(C2)CC1C3. The van der Waals surface area contributed by atoms with Crippen LogP contribution in [-0.4, -0.2) is 32.9 Å². The summed E-state index contributed by atoms with van der Waals surface area (Å²) >= 11 is 7.14. The number of carbonyl (C=O) groups excluding carboxylic acids is 1. The molecule has 7 rings (SSSR count). The second-order valence-corrected chi connectivity index (χ2v) is 12.3. The van der Waals surface area contributed by atoms with Gasteiger partial charge in [0.15, 0.2) is 0 Å². The van der Waals surface area contributed by atoms with Gasteiger partial charge in [-0.15, -0.1) is 0 Å². The summed E-state index contributed by atoms with van der Waals surface area (Å²) in [7, 11) is 0. The van der Waals surface area contributed by atoms with Crippen LogP contribution in [0.3, 0.4) is 0 Å². The molecule has 35 heavy (non-hydrogen) atoms. The second kappa shape index (κ2) is 9.49. The highest BCUT2D eigenvalue weighted by atomic mass is 32.2. The van der Waals surface area contributed by atoms with E-state index in [4.69, 9.17) is 16.6 Å². The number of benzene rings is 1. The molecule has 1 aromatic heterocycles. The Balaban J connectivity index is 1.29. The van der Waals surface area contributed by atoms with E-state index in [1.165, 1.54) is 56.0 Å². The molecule has 4 saturated carbocycles. The maximum atomic E-state index is 13.7. The Hall–Kier alpha value is -1.96. The molecule has 1 aromatic carbocycles. The maximum Gasteiger partial charge on any atom is 0.266 e. The summed E-state index contributed by atoms with van der Waals surface area (Å²) in [4.78, 5) is 16.2. The van der Waals surface area contributed by atoms with Crippen LogP contribution in [0.4, 0.5) is 4.39 Å². The molecular weight excluding hydrogens is 481 g/mol. The molecule has 7 heteroatoms. The van der Waals surface area contributed by atoms with Crippen molar-refractivity contribution in [2.45, 2.75) is 57.4 Å². The molecule has 184 valence electrons. The first-order chi connectivity index (χ1) is 17.0. The van der Waals surface area contributed by atoms with Crippen molar-refractivity contribution in [3.05, 3.63) is 52.4 Å². The monoisotopic (exact) mass is 511 g/mol. The van der Waals surface area contributed by atoms with E-state index in [-0.39, 0.29) is 24.4 Å². The highest BCUT2D eigenvalue weighted by Crippen LogP contribution is 2.56. The summed E-state index contributed by atoms with van der Waals surface area (Å²) in [5.74, 6) is 3.86. The van der Waals surface area contributed by atoms with Crippen LogP contribution in [0.15, 0.2) is 39.7 Å². The zero-order chi connectivity index (χ0) is 24.1. The third kappa shape index (κ3) is 4.40. The van der Waals surface area contributed by atoms with Crippen molar-refractivity contribution in [3.8, 4) is 11.3 Å². The van der Waals surface area contributed by atoms with Crippen LogP contribution >= 0.6 is 24.0 Å². The molecule has 5 fully saturated rings. The second-order valence-electron chi connectivity index (χ2n) is 10.7. The van der Waals surface area contributed by atoms with Gasteiger partial charge in [-0.3, -0.25) is 9.69 Å². The van der Waals surface area contributed by atoms with E-state index in [0.29, 0.717) is 39.0 Å². The number of aliphatic hydroxyl groups is 1. The molecule has 4 aliphatic carbocycles. The average Bonchev–Trinajstić information content (AvgIpc) is 3.35. The third-order valence-electron chi connectivity index (χ3n) is 8.39. The molecule has 0 spiro atoms. The largest absolute Gasteiger partial charge is 0.456 e. The van der Waals surface area contributed by atoms with Crippen LogP contribution < -0.4 is 0 Å². The number of nitrogens with zero attached hydrogens (tertiary/aromatic N) is 1. The summed E-state index contributed by atoms with van der Waals surface area (Å²) in [5, 5.41) is 9.22. The number of carbonyl (C=O) groups is 1. The number of amides is 1. The zero-order valence-electron chi connectivity index (χ0n) is 19.6. The fraction of sp³-hybridized carbons (Fsp3) is 0.500. The lowest BCUT2D eigenvalue weighted by molar-refractivity contribution is -0.130. The number of rotatable bonds is 7. The molecule has 0 atom stereocenters. The summed E-state index contributed by atoms with van der Waals surface area (Å²) in [5.41, 5.74) is 1.77. The van der Waals surface area contributed by atoms with Crippen LogP contribution in [0.2, 0.25) is 0 Å². The Labute approximate surface area is 215 Å². The summed E-state index contributed by atoms with van der Waals surface area (Å²) < 4.78 is 20.3. The predicted octanol–water partition coefficient (Wildman–Crippen LogP) is 6.43. The van der Waals surface area contributed by atoms with Crippen molar-refractivity contribution in [3.63, 3.8) is 0 Å². The number of furan rings is 1. The van der Waals surface area contributed by atoms with E-state index >= 15 is 0 Å². The van der Waals surface area contributed by atoms with Gasteiger partial charge in [-0.05, 0) is 111 Å². The third-order valence-corrected chi connectivity index (χ3v) is 9.72. The van der Waals surface area contributed by atoms with E-state index in [1.807, 2.05) is 17.0 Å². The number of thioether (sulfide) groups is 1. The fourth-order valence-electron chi connectivity index (χ4n) is 7.12. The molecule has 0 radical (unpaired) electrons. The quantitative estimate of drug-likeness (QED) is 0.264. The van der Waals surface area contributed by atoms with Gasteiger partial charge in [0.25, 0.3) is 5.91 Å². The van der Waals surface area contributed by atoms with Crippen molar-refractivity contribution < 1.29 is 18.7 Å². The number of aryl methyl sites for hydroxylation is 1. The Morgan fingerprint density at radius 1 is 1.09 bits per heavy atom. The first-order valence-electron chi connectivity index (χ1n) is 12.8. The number of thiocarbonyl (C=S) groups is 1. The van der Waals surface area contributed by atoms with Gasteiger partial charge in [0.2, 0.25) is 0 Å². The Morgan fingerprint density at radius 2 is 1.77 bits per heavy atom. The Kier molecular flexibility index (Phi) is 6.35. The Bertz CT molecular complexity index is 1140. The highest BCUT2D eigenvalue weighted by molar-refractivity contribution is 8.26. The first kappa shape index (κ1) is 23.4. The zero-order valence-corrected chi connectivity index (χ0v) is 21.3. The van der Waals surface area contributed by atoms with Crippen molar-refractivity contribution in [1.29, 1.82) is 0 Å². The molecule has 5 aliphatic rings. The molecule has 1 aliphatic heterocycles. The van der Waals surface area contributed by atoms with E-state index in [2.05, 4.69) is 0 Å². The van der Waals surface area contributed by atoms with Crippen molar-refractivity contribution in [1.82, 2.24) is 4.90 Å². The summed E-state index contributed by atoms with van der Waals surface area (Å²) in [6.45, 7) is 0.141. The van der Waals surface area contributed by atoms with Crippen molar-refractivity contribution >= 4 is 40.3 Å². The molecule has 1 saturated heterocycles. The predicted molar refractivity (Wildman–Crippen MR) is 140 cm³/mol. The number of unbranched alkanes of at least 4 members (excludes halogenated alkanes) is 1. The van der Waals surface area contributed by atoms with E-state index in [0.717, 1.165) is 35.8 Å². The normalized spacial score (nSPS) is 30.7. The topological polar surface area (TPSA) is 53.7 Å². The molecule has 2 aromatic rings. The minimum atomic E-state index is -0.294. The average molecular weight is 512 g/mol. The van der Waals surface area contributed by atoms with Gasteiger partial charge in [-0.2, -0.15) is 0 Å². The van der Waals surface area contributed by atoms with Crippen LogP contribution in [0.5, 0.6) is 0 Å². The van der Waals surface area contributed by atoms with Crippen molar-refractivity contribution in [2.24, 2.45) is 23.7 Å². The van der Waals surface area contributed by atoms with Crippen LogP contribution in [0.1, 0.15) is 56.3 Å². The molecule has 1 amide bonds. The van der Waals surface area contributed by atoms with Gasteiger partial charge in [-0.1, -0.05) is 24.0 Å². The van der Waals surface area contributed by atoms with Crippen molar-refractivity contribution in [2.75, 3.05) is 6.61 Å².